The van der Waals surface area contributed by atoms with Crippen LogP contribution in [0, 0.1) is 12.7 Å². The van der Waals surface area contributed by atoms with Crippen LogP contribution in [0.1, 0.15) is 16.1 Å². The Bertz CT molecular complexity index is 850. The molecule has 0 fully saturated rings. The van der Waals surface area contributed by atoms with Gasteiger partial charge >= 0.3 is 5.97 Å². The number of halogens is 1. The number of aromatic nitrogens is 1. The van der Waals surface area contributed by atoms with Gasteiger partial charge in [0.25, 0.3) is 0 Å². The first-order chi connectivity index (χ1) is 9.99. The number of benzene rings is 2. The van der Waals surface area contributed by atoms with E-state index in [1.54, 1.807) is 29.7 Å². The molecule has 0 saturated carbocycles. The van der Waals surface area contributed by atoms with E-state index in [1.807, 2.05) is 0 Å². The van der Waals surface area contributed by atoms with Crippen molar-refractivity contribution in [3.05, 3.63) is 59.5 Å². The van der Waals surface area contributed by atoms with E-state index in [0.29, 0.717) is 22.3 Å². The molecule has 106 valence electrons. The number of phenols is 1. The number of carbonyl (C=O) groups is 1. The Hall–Kier alpha value is -2.82. The molecule has 0 spiro atoms. The molecule has 0 aliphatic heterocycles. The molecule has 1 aromatic heterocycles. The van der Waals surface area contributed by atoms with E-state index in [-0.39, 0.29) is 17.1 Å². The van der Waals surface area contributed by atoms with Gasteiger partial charge in [-0.3, -0.25) is 0 Å². The molecule has 0 radical (unpaired) electrons. The summed E-state index contributed by atoms with van der Waals surface area (Å²) in [5.74, 6) is -1.42. The van der Waals surface area contributed by atoms with Gasteiger partial charge < -0.3 is 14.8 Å². The van der Waals surface area contributed by atoms with Crippen molar-refractivity contribution in [3.8, 4) is 11.4 Å². The van der Waals surface area contributed by atoms with Gasteiger partial charge in [0.2, 0.25) is 0 Å². The van der Waals surface area contributed by atoms with E-state index in [4.69, 9.17) is 0 Å². The van der Waals surface area contributed by atoms with Crippen LogP contribution in [0.4, 0.5) is 4.39 Å². The number of nitrogens with zero attached hydrogens (tertiary/aromatic N) is 1. The maximum atomic E-state index is 13.1. The van der Waals surface area contributed by atoms with Crippen LogP contribution < -0.4 is 0 Å². The van der Waals surface area contributed by atoms with E-state index in [1.165, 1.54) is 24.3 Å². The fourth-order valence-electron chi connectivity index (χ4n) is 2.60. The second kappa shape index (κ2) is 4.63. The topological polar surface area (TPSA) is 62.5 Å². The lowest BCUT2D eigenvalue weighted by Gasteiger charge is -2.08. The highest BCUT2D eigenvalue weighted by atomic mass is 19.1. The summed E-state index contributed by atoms with van der Waals surface area (Å²) in [6.07, 6.45) is 0. The molecule has 3 aromatic rings. The Morgan fingerprint density at radius 1 is 1.14 bits per heavy atom. The SMILES string of the molecule is Cc1c(C(=O)O)c2cc(O)ccc2n1-c1ccc(F)cc1. The Morgan fingerprint density at radius 3 is 2.43 bits per heavy atom. The Kier molecular flexibility index (Phi) is 2.90. The van der Waals surface area contributed by atoms with Gasteiger partial charge in [0.05, 0.1) is 11.1 Å². The molecule has 2 aromatic carbocycles. The fraction of sp³-hybridized carbons (Fsp3) is 0.0625. The Labute approximate surface area is 119 Å². The molecule has 0 saturated heterocycles. The van der Waals surface area contributed by atoms with Crippen LogP contribution in [0.3, 0.4) is 0 Å². The lowest BCUT2D eigenvalue weighted by atomic mass is 10.1. The lowest BCUT2D eigenvalue weighted by molar-refractivity contribution is 0.0698. The average Bonchev–Trinajstić information content (AvgIpc) is 2.71. The molecular weight excluding hydrogens is 273 g/mol. The molecule has 0 atom stereocenters. The fourth-order valence-corrected chi connectivity index (χ4v) is 2.60. The van der Waals surface area contributed by atoms with Crippen LogP contribution in [-0.4, -0.2) is 20.7 Å². The highest BCUT2D eigenvalue weighted by Crippen LogP contribution is 2.31. The molecule has 5 heteroatoms. The monoisotopic (exact) mass is 285 g/mol. The van der Waals surface area contributed by atoms with Crippen molar-refractivity contribution in [2.24, 2.45) is 0 Å². The van der Waals surface area contributed by atoms with E-state index in [2.05, 4.69) is 0 Å². The highest BCUT2D eigenvalue weighted by molar-refractivity contribution is 6.06. The minimum absolute atomic E-state index is 0.00116. The molecule has 0 aliphatic rings. The summed E-state index contributed by atoms with van der Waals surface area (Å²) < 4.78 is 14.8. The normalized spacial score (nSPS) is 11.0. The minimum atomic E-state index is -1.07. The summed E-state index contributed by atoms with van der Waals surface area (Å²) in [7, 11) is 0. The summed E-state index contributed by atoms with van der Waals surface area (Å²) in [4.78, 5) is 11.5. The summed E-state index contributed by atoms with van der Waals surface area (Å²) >= 11 is 0. The molecule has 0 aliphatic carbocycles. The summed E-state index contributed by atoms with van der Waals surface area (Å²) in [5.41, 5.74) is 1.96. The zero-order chi connectivity index (χ0) is 15.1. The van der Waals surface area contributed by atoms with Crippen molar-refractivity contribution in [2.75, 3.05) is 0 Å². The van der Waals surface area contributed by atoms with Crippen molar-refractivity contribution >= 4 is 16.9 Å². The van der Waals surface area contributed by atoms with Crippen LogP contribution in [0.25, 0.3) is 16.6 Å². The smallest absolute Gasteiger partial charge is 0.338 e. The van der Waals surface area contributed by atoms with Crippen LogP contribution >= 0.6 is 0 Å². The zero-order valence-corrected chi connectivity index (χ0v) is 11.2. The van der Waals surface area contributed by atoms with Crippen molar-refractivity contribution in [3.63, 3.8) is 0 Å². The van der Waals surface area contributed by atoms with Gasteiger partial charge in [-0.2, -0.15) is 0 Å². The second-order valence-corrected chi connectivity index (χ2v) is 4.78. The van der Waals surface area contributed by atoms with Crippen molar-refractivity contribution < 1.29 is 19.4 Å². The predicted molar refractivity (Wildman–Crippen MR) is 76.6 cm³/mol. The third-order valence-corrected chi connectivity index (χ3v) is 3.49. The minimum Gasteiger partial charge on any atom is -0.508 e. The number of carboxylic acid groups (broad SMARTS) is 1. The van der Waals surface area contributed by atoms with Crippen molar-refractivity contribution in [1.29, 1.82) is 0 Å². The first-order valence-corrected chi connectivity index (χ1v) is 6.32. The second-order valence-electron chi connectivity index (χ2n) is 4.78. The molecular formula is C16H12FNO3. The standard InChI is InChI=1S/C16H12FNO3/c1-9-15(16(20)21)13-8-12(19)6-7-14(13)18(9)11-4-2-10(17)3-5-11/h2-8,19H,1H3,(H,20,21). The molecule has 0 unspecified atom stereocenters. The van der Waals surface area contributed by atoms with Gasteiger partial charge in [0, 0.05) is 16.8 Å². The summed E-state index contributed by atoms with van der Waals surface area (Å²) in [6.45, 7) is 1.68. The predicted octanol–water partition coefficient (Wildman–Crippen LogP) is 3.48. The summed E-state index contributed by atoms with van der Waals surface area (Å²) in [5, 5.41) is 19.4. The number of hydrogen-bond acceptors (Lipinski definition) is 2. The molecule has 2 N–H and O–H groups in total. The van der Waals surface area contributed by atoms with Gasteiger partial charge in [0.1, 0.15) is 11.6 Å². The van der Waals surface area contributed by atoms with Crippen LogP contribution in [-0.2, 0) is 0 Å². The molecule has 4 nitrogen and oxygen atoms in total. The van der Waals surface area contributed by atoms with Crippen LogP contribution in [0.5, 0.6) is 5.75 Å². The van der Waals surface area contributed by atoms with Gasteiger partial charge in [-0.15, -0.1) is 0 Å². The van der Waals surface area contributed by atoms with E-state index >= 15 is 0 Å². The van der Waals surface area contributed by atoms with Gasteiger partial charge in [-0.1, -0.05) is 0 Å². The average molecular weight is 285 g/mol. The number of rotatable bonds is 2. The van der Waals surface area contributed by atoms with Crippen molar-refractivity contribution in [2.45, 2.75) is 6.92 Å². The quantitative estimate of drug-likeness (QED) is 0.757. The Morgan fingerprint density at radius 2 is 1.81 bits per heavy atom. The molecule has 1 heterocycles. The molecule has 0 amide bonds. The highest BCUT2D eigenvalue weighted by Gasteiger charge is 2.20. The number of aromatic hydroxyl groups is 1. The number of fused-ring (bicyclic) bond motifs is 1. The zero-order valence-electron chi connectivity index (χ0n) is 11.2. The maximum Gasteiger partial charge on any atom is 0.338 e. The number of carboxylic acids is 1. The lowest BCUT2D eigenvalue weighted by Crippen LogP contribution is -2.01. The van der Waals surface area contributed by atoms with Gasteiger partial charge in [-0.25, -0.2) is 9.18 Å². The molecule has 0 bridgehead atoms. The van der Waals surface area contributed by atoms with Crippen LogP contribution in [0.15, 0.2) is 42.5 Å². The largest absolute Gasteiger partial charge is 0.508 e. The number of phenolic OH excluding ortho intramolecular Hbond substituents is 1. The summed E-state index contributed by atoms with van der Waals surface area (Å²) in [6, 6.07) is 10.4. The third kappa shape index (κ3) is 2.03. The van der Waals surface area contributed by atoms with E-state index in [0.717, 1.165) is 0 Å². The van der Waals surface area contributed by atoms with Gasteiger partial charge in [0.15, 0.2) is 0 Å². The van der Waals surface area contributed by atoms with E-state index < -0.39 is 5.97 Å². The first kappa shape index (κ1) is 13.2. The third-order valence-electron chi connectivity index (χ3n) is 3.49. The number of hydrogen-bond donors (Lipinski definition) is 2. The Balaban J connectivity index is 2.40. The van der Waals surface area contributed by atoms with Crippen molar-refractivity contribution in [1.82, 2.24) is 4.57 Å². The van der Waals surface area contributed by atoms with Gasteiger partial charge in [-0.05, 0) is 49.4 Å². The maximum absolute atomic E-state index is 13.1. The number of aromatic carboxylic acids is 1. The molecule has 3 rings (SSSR count). The van der Waals surface area contributed by atoms with E-state index in [9.17, 15) is 19.4 Å². The molecule has 21 heavy (non-hydrogen) atoms. The first-order valence-electron chi connectivity index (χ1n) is 6.32. The van der Waals surface area contributed by atoms with Crippen LogP contribution in [0.2, 0.25) is 0 Å².